The largest absolute Gasteiger partial charge is 0.446 e. The molecule has 1 fully saturated rings. The van der Waals surface area contributed by atoms with E-state index in [-0.39, 0.29) is 5.09 Å². The molecule has 0 atom stereocenters. The first-order chi connectivity index (χ1) is 9.13. The molecule has 0 spiro atoms. The summed E-state index contributed by atoms with van der Waals surface area (Å²) in [6, 6.07) is 3.68. The minimum atomic E-state index is -3.68. The Kier molecular flexibility index (Phi) is 3.29. The predicted octanol–water partition coefficient (Wildman–Crippen LogP) is 1.79. The Morgan fingerprint density at radius 2 is 2.26 bits per heavy atom. The molecule has 0 bridgehead atoms. The number of furan rings is 1. The number of nitrogens with one attached hydrogen (secondary N) is 2. The quantitative estimate of drug-likeness (QED) is 0.849. The Bertz CT molecular complexity index is 645. The second-order valence-corrected chi connectivity index (χ2v) is 6.83. The van der Waals surface area contributed by atoms with Crippen LogP contribution in [0.1, 0.15) is 18.6 Å². The lowest BCUT2D eigenvalue weighted by atomic mass is 10.4. The van der Waals surface area contributed by atoms with Gasteiger partial charge in [-0.2, -0.15) is 8.42 Å². The van der Waals surface area contributed by atoms with Gasteiger partial charge in [0.2, 0.25) is 5.09 Å². The number of anilines is 1. The van der Waals surface area contributed by atoms with Crippen LogP contribution in [0.25, 0.3) is 0 Å². The van der Waals surface area contributed by atoms with Crippen LogP contribution >= 0.6 is 11.3 Å². The Hall–Kier alpha value is -1.38. The minimum Gasteiger partial charge on any atom is -0.446 e. The number of hydrogen-bond donors (Lipinski definition) is 2. The van der Waals surface area contributed by atoms with Crippen molar-refractivity contribution >= 4 is 26.5 Å². The van der Waals surface area contributed by atoms with Gasteiger partial charge in [-0.15, -0.1) is 11.3 Å². The Morgan fingerprint density at radius 1 is 1.42 bits per heavy atom. The van der Waals surface area contributed by atoms with E-state index in [0.29, 0.717) is 23.5 Å². The second-order valence-electron chi connectivity index (χ2n) is 4.32. The van der Waals surface area contributed by atoms with Crippen LogP contribution in [0, 0.1) is 0 Å². The van der Waals surface area contributed by atoms with E-state index in [4.69, 9.17) is 4.42 Å². The molecule has 6 nitrogen and oxygen atoms in total. The van der Waals surface area contributed by atoms with Crippen LogP contribution in [-0.2, 0) is 16.6 Å². The number of nitrogens with zero attached hydrogens (tertiary/aromatic N) is 1. The highest BCUT2D eigenvalue weighted by Gasteiger charge is 2.22. The lowest BCUT2D eigenvalue weighted by Crippen LogP contribution is -2.15. The molecule has 0 unspecified atom stereocenters. The van der Waals surface area contributed by atoms with Crippen LogP contribution in [0.4, 0.5) is 5.13 Å². The topological polar surface area (TPSA) is 84.2 Å². The molecular formula is C11H13N3O3S2. The Morgan fingerprint density at radius 3 is 2.95 bits per heavy atom. The van der Waals surface area contributed by atoms with Crippen LogP contribution in [0.5, 0.6) is 0 Å². The summed E-state index contributed by atoms with van der Waals surface area (Å²) in [5.41, 5.74) is 0. The van der Waals surface area contributed by atoms with Crippen LogP contribution in [0.2, 0.25) is 0 Å². The zero-order valence-corrected chi connectivity index (χ0v) is 11.6. The van der Waals surface area contributed by atoms with Crippen molar-refractivity contribution in [3.63, 3.8) is 0 Å². The third kappa shape index (κ3) is 3.14. The SMILES string of the molecule is O=S(=O)(Nc1nccs1)c1ccc(CNC2CC2)o1. The third-order valence-electron chi connectivity index (χ3n) is 2.70. The van der Waals surface area contributed by atoms with Crippen LogP contribution in [0.15, 0.2) is 33.2 Å². The first-order valence-electron chi connectivity index (χ1n) is 5.88. The summed E-state index contributed by atoms with van der Waals surface area (Å²) >= 11 is 1.22. The standard InChI is InChI=1S/C11H13N3O3S2/c15-19(16,14-11-12-5-6-18-11)10-4-3-9(17-10)7-13-8-1-2-8/h3-6,8,13H,1-2,7H2,(H,12,14). The van der Waals surface area contributed by atoms with Gasteiger partial charge < -0.3 is 9.73 Å². The zero-order valence-electron chi connectivity index (χ0n) is 10.00. The first kappa shape index (κ1) is 12.6. The van der Waals surface area contributed by atoms with Gasteiger partial charge in [0.1, 0.15) is 5.76 Å². The van der Waals surface area contributed by atoms with E-state index in [0.717, 1.165) is 0 Å². The van der Waals surface area contributed by atoms with Crippen molar-refractivity contribution in [3.05, 3.63) is 29.5 Å². The third-order valence-corrected chi connectivity index (χ3v) is 4.73. The van der Waals surface area contributed by atoms with E-state index >= 15 is 0 Å². The molecule has 3 rings (SSSR count). The van der Waals surface area contributed by atoms with Gasteiger partial charge >= 0.3 is 0 Å². The summed E-state index contributed by atoms with van der Waals surface area (Å²) in [7, 11) is -3.68. The average molecular weight is 299 g/mol. The fourth-order valence-corrected chi connectivity index (χ4v) is 3.31. The highest BCUT2D eigenvalue weighted by Crippen LogP contribution is 2.22. The Balaban J connectivity index is 1.69. The maximum absolute atomic E-state index is 12.0. The lowest BCUT2D eigenvalue weighted by molar-refractivity contribution is 0.403. The van der Waals surface area contributed by atoms with E-state index < -0.39 is 10.0 Å². The molecule has 1 aliphatic carbocycles. The van der Waals surface area contributed by atoms with Crippen LogP contribution < -0.4 is 10.0 Å². The summed E-state index contributed by atoms with van der Waals surface area (Å²) in [4.78, 5) is 3.88. The van der Waals surface area contributed by atoms with Crippen molar-refractivity contribution in [2.24, 2.45) is 0 Å². The highest BCUT2D eigenvalue weighted by atomic mass is 32.2. The van der Waals surface area contributed by atoms with Gasteiger partial charge in [0, 0.05) is 17.6 Å². The minimum absolute atomic E-state index is 0.0877. The maximum Gasteiger partial charge on any atom is 0.297 e. The smallest absolute Gasteiger partial charge is 0.297 e. The predicted molar refractivity (Wildman–Crippen MR) is 71.5 cm³/mol. The molecule has 0 aromatic carbocycles. The molecule has 19 heavy (non-hydrogen) atoms. The van der Waals surface area contributed by atoms with Gasteiger partial charge in [-0.05, 0) is 25.0 Å². The second kappa shape index (κ2) is 4.95. The lowest BCUT2D eigenvalue weighted by Gasteiger charge is -2.02. The summed E-state index contributed by atoms with van der Waals surface area (Å²) in [6.07, 6.45) is 3.89. The number of aromatic nitrogens is 1. The molecule has 0 saturated heterocycles. The zero-order chi connectivity index (χ0) is 13.3. The highest BCUT2D eigenvalue weighted by molar-refractivity contribution is 7.92. The number of thiazole rings is 1. The van der Waals surface area contributed by atoms with Crippen molar-refractivity contribution in [1.82, 2.24) is 10.3 Å². The fraction of sp³-hybridized carbons (Fsp3) is 0.364. The molecule has 0 amide bonds. The Labute approximate surface area is 114 Å². The van der Waals surface area contributed by atoms with Crippen molar-refractivity contribution in [1.29, 1.82) is 0 Å². The number of sulfonamides is 1. The summed E-state index contributed by atoms with van der Waals surface area (Å²) in [5, 5.41) is 5.20. The van der Waals surface area contributed by atoms with Gasteiger partial charge in [-0.1, -0.05) is 0 Å². The van der Waals surface area contributed by atoms with E-state index in [1.165, 1.54) is 36.4 Å². The van der Waals surface area contributed by atoms with E-state index in [1.54, 1.807) is 11.4 Å². The molecule has 2 aromatic rings. The van der Waals surface area contributed by atoms with Crippen molar-refractivity contribution in [3.8, 4) is 0 Å². The van der Waals surface area contributed by atoms with E-state index in [1.807, 2.05) is 0 Å². The average Bonchev–Trinajstić information content (AvgIpc) is 2.87. The molecule has 1 saturated carbocycles. The molecule has 2 N–H and O–H groups in total. The molecule has 0 aliphatic heterocycles. The van der Waals surface area contributed by atoms with Crippen molar-refractivity contribution < 1.29 is 12.8 Å². The van der Waals surface area contributed by atoms with Gasteiger partial charge in [0.25, 0.3) is 10.0 Å². The molecule has 8 heteroatoms. The van der Waals surface area contributed by atoms with Crippen molar-refractivity contribution in [2.45, 2.75) is 30.5 Å². The molecule has 102 valence electrons. The van der Waals surface area contributed by atoms with Gasteiger partial charge in [0.15, 0.2) is 5.13 Å². The summed E-state index contributed by atoms with van der Waals surface area (Å²) in [5.74, 6) is 0.617. The molecule has 1 aliphatic rings. The number of hydrogen-bond acceptors (Lipinski definition) is 6. The fourth-order valence-electron chi connectivity index (χ4n) is 1.57. The van der Waals surface area contributed by atoms with Crippen LogP contribution in [-0.4, -0.2) is 19.4 Å². The maximum atomic E-state index is 12.0. The molecular weight excluding hydrogens is 286 g/mol. The molecule has 2 heterocycles. The van der Waals surface area contributed by atoms with Gasteiger partial charge in [-0.25, -0.2) is 4.98 Å². The van der Waals surface area contributed by atoms with E-state index in [9.17, 15) is 8.42 Å². The monoisotopic (exact) mass is 299 g/mol. The molecule has 2 aromatic heterocycles. The summed E-state index contributed by atoms with van der Waals surface area (Å²) in [6.45, 7) is 0.553. The normalized spacial score (nSPS) is 15.6. The molecule has 0 radical (unpaired) electrons. The van der Waals surface area contributed by atoms with Gasteiger partial charge in [0.05, 0.1) is 6.54 Å². The first-order valence-corrected chi connectivity index (χ1v) is 8.24. The number of rotatable bonds is 6. The van der Waals surface area contributed by atoms with Crippen molar-refractivity contribution in [2.75, 3.05) is 4.72 Å². The van der Waals surface area contributed by atoms with Crippen LogP contribution in [0.3, 0.4) is 0 Å². The van der Waals surface area contributed by atoms with E-state index in [2.05, 4.69) is 15.0 Å². The summed E-state index contributed by atoms with van der Waals surface area (Å²) < 4.78 is 31.7. The van der Waals surface area contributed by atoms with Gasteiger partial charge in [-0.3, -0.25) is 4.72 Å².